The summed E-state index contributed by atoms with van der Waals surface area (Å²) < 4.78 is 1.22. The van der Waals surface area contributed by atoms with Crippen molar-refractivity contribution in [3.05, 3.63) is 5.92 Å². The number of halogens is 1. The quantitative estimate of drug-likeness (QED) is 0.471. The van der Waals surface area contributed by atoms with Crippen LogP contribution in [-0.4, -0.2) is 4.43 Å². The van der Waals surface area contributed by atoms with Gasteiger partial charge in [0.15, 0.2) is 0 Å². The van der Waals surface area contributed by atoms with Crippen LogP contribution >= 0.6 is 22.6 Å². The van der Waals surface area contributed by atoms with Crippen LogP contribution in [-0.2, 0) is 0 Å². The predicted molar refractivity (Wildman–Crippen MR) is 38.1 cm³/mol. The molecule has 0 bridgehead atoms. The molecule has 0 nitrogen and oxygen atoms in total. The minimum atomic E-state index is 1.22. The first-order valence-corrected chi connectivity index (χ1v) is 3.71. The second-order valence-electron chi connectivity index (χ2n) is 1.44. The van der Waals surface area contributed by atoms with Gasteiger partial charge in [0.05, 0.1) is 0 Å². The molecule has 0 amide bonds. The van der Waals surface area contributed by atoms with Crippen LogP contribution in [0.1, 0.15) is 20.3 Å². The van der Waals surface area contributed by atoms with Gasteiger partial charge in [0, 0.05) is 4.43 Å². The lowest BCUT2D eigenvalue weighted by Gasteiger charge is -1.96. The normalized spacial score (nSPS) is 10.0. The molecule has 0 heterocycles. The van der Waals surface area contributed by atoms with Crippen molar-refractivity contribution in [3.8, 4) is 0 Å². The maximum atomic E-state index is 2.38. The van der Waals surface area contributed by atoms with E-state index < -0.39 is 0 Å². The van der Waals surface area contributed by atoms with Crippen molar-refractivity contribution in [1.29, 1.82) is 0 Å². The Bertz CT molecular complexity index is 23.1. The maximum absolute atomic E-state index is 2.38. The molecule has 37 valence electrons. The van der Waals surface area contributed by atoms with Gasteiger partial charge in [-0.05, 0) is 12.3 Å². The third-order valence-corrected chi connectivity index (χ3v) is 2.13. The molecule has 0 saturated carbocycles. The summed E-state index contributed by atoms with van der Waals surface area (Å²) in [6.07, 6.45) is 1.24. The zero-order valence-electron chi connectivity index (χ0n) is 4.29. The molecule has 0 aliphatic heterocycles. The topological polar surface area (TPSA) is 0 Å². The Kier molecular flexibility index (Phi) is 4.38. The molecule has 0 N–H and O–H groups in total. The van der Waals surface area contributed by atoms with Crippen molar-refractivity contribution in [2.24, 2.45) is 0 Å². The Morgan fingerprint density at radius 2 is 2.17 bits per heavy atom. The van der Waals surface area contributed by atoms with E-state index in [0.717, 1.165) is 0 Å². The number of hydrogen-bond donors (Lipinski definition) is 0. The Balaban J connectivity index is 2.75. The fourth-order valence-corrected chi connectivity index (χ4v) is 0.634. The van der Waals surface area contributed by atoms with Gasteiger partial charge in [0.1, 0.15) is 0 Å². The average molecular weight is 197 g/mol. The van der Waals surface area contributed by atoms with Gasteiger partial charge in [-0.3, -0.25) is 0 Å². The van der Waals surface area contributed by atoms with Gasteiger partial charge in [0.25, 0.3) is 0 Å². The number of hydrogen-bond acceptors (Lipinski definition) is 0. The molecule has 6 heavy (non-hydrogen) atoms. The van der Waals surface area contributed by atoms with Gasteiger partial charge in [-0.2, -0.15) is 0 Å². The van der Waals surface area contributed by atoms with Crippen LogP contribution in [0.4, 0.5) is 0 Å². The number of rotatable bonds is 2. The molecule has 0 aromatic carbocycles. The lowest BCUT2D eigenvalue weighted by Crippen LogP contribution is -1.86. The highest BCUT2D eigenvalue weighted by molar-refractivity contribution is 14.1. The highest BCUT2D eigenvalue weighted by Crippen LogP contribution is 2.05. The van der Waals surface area contributed by atoms with Crippen LogP contribution in [0.15, 0.2) is 0 Å². The zero-order chi connectivity index (χ0) is 4.99. The van der Waals surface area contributed by atoms with Crippen LogP contribution in [0, 0.1) is 5.92 Å². The van der Waals surface area contributed by atoms with E-state index in [1.807, 2.05) is 0 Å². The molecule has 0 aliphatic carbocycles. The minimum Gasteiger partial charge on any atom is -0.0858 e. The predicted octanol–water partition coefficient (Wildman–Crippen LogP) is 2.43. The second-order valence-corrected chi connectivity index (χ2v) is 2.21. The van der Waals surface area contributed by atoms with Crippen LogP contribution in [0.2, 0.25) is 0 Å². The Hall–Kier alpha value is 0.730. The number of alkyl halides is 1. The molecular formula is C5H10I. The van der Waals surface area contributed by atoms with Crippen LogP contribution in [0.3, 0.4) is 0 Å². The van der Waals surface area contributed by atoms with E-state index in [9.17, 15) is 0 Å². The van der Waals surface area contributed by atoms with Crippen LogP contribution in [0.5, 0.6) is 0 Å². The van der Waals surface area contributed by atoms with Crippen molar-refractivity contribution < 1.29 is 0 Å². The van der Waals surface area contributed by atoms with Crippen LogP contribution < -0.4 is 0 Å². The second kappa shape index (κ2) is 3.90. The molecule has 0 aromatic heterocycles. The first-order chi connectivity index (χ1) is 2.81. The third-order valence-electron chi connectivity index (χ3n) is 0.832. The van der Waals surface area contributed by atoms with Gasteiger partial charge in [-0.1, -0.05) is 36.4 Å². The summed E-state index contributed by atoms with van der Waals surface area (Å²) in [7, 11) is 0. The molecule has 0 aliphatic rings. The maximum Gasteiger partial charge on any atom is 0.00547 e. The lowest BCUT2D eigenvalue weighted by molar-refractivity contribution is 0.942. The van der Waals surface area contributed by atoms with E-state index in [2.05, 4.69) is 36.4 Å². The van der Waals surface area contributed by atoms with Gasteiger partial charge in [0.2, 0.25) is 0 Å². The highest BCUT2D eigenvalue weighted by Gasteiger charge is 1.90. The standard InChI is InChI=1S/C5H10I/c1-3-5(2)4-6/h3-4H2,1-2H3. The fourth-order valence-electron chi connectivity index (χ4n) is 0.0945. The Morgan fingerprint density at radius 1 is 1.67 bits per heavy atom. The van der Waals surface area contributed by atoms with E-state index >= 15 is 0 Å². The van der Waals surface area contributed by atoms with Crippen molar-refractivity contribution in [3.63, 3.8) is 0 Å². The molecule has 0 spiro atoms. The molecule has 0 aromatic rings. The smallest absolute Gasteiger partial charge is 0.00547 e. The summed E-state index contributed by atoms with van der Waals surface area (Å²) in [6, 6.07) is 0. The fraction of sp³-hybridized carbons (Fsp3) is 0.800. The van der Waals surface area contributed by atoms with Crippen molar-refractivity contribution in [2.75, 3.05) is 4.43 Å². The summed E-state index contributed by atoms with van der Waals surface area (Å²) in [6.45, 7) is 4.38. The first kappa shape index (κ1) is 6.73. The Labute approximate surface area is 53.5 Å². The summed E-state index contributed by atoms with van der Waals surface area (Å²) in [5, 5.41) is 0. The molecule has 0 saturated heterocycles. The van der Waals surface area contributed by atoms with Crippen molar-refractivity contribution >= 4 is 22.6 Å². The summed E-state index contributed by atoms with van der Waals surface area (Å²) in [5.74, 6) is 1.58. The zero-order valence-corrected chi connectivity index (χ0v) is 6.45. The van der Waals surface area contributed by atoms with Gasteiger partial charge < -0.3 is 0 Å². The van der Waals surface area contributed by atoms with Crippen molar-refractivity contribution in [2.45, 2.75) is 20.3 Å². The van der Waals surface area contributed by atoms with Gasteiger partial charge >= 0.3 is 0 Å². The Morgan fingerprint density at radius 3 is 2.17 bits per heavy atom. The molecule has 0 fully saturated rings. The summed E-state index contributed by atoms with van der Waals surface area (Å²) in [4.78, 5) is 0. The minimum absolute atomic E-state index is 1.22. The monoisotopic (exact) mass is 197 g/mol. The molecule has 1 heteroatoms. The largest absolute Gasteiger partial charge is 0.0858 e. The molecule has 1 radical (unpaired) electrons. The van der Waals surface area contributed by atoms with E-state index in [0.29, 0.717) is 0 Å². The highest BCUT2D eigenvalue weighted by atomic mass is 127. The van der Waals surface area contributed by atoms with E-state index in [1.54, 1.807) is 5.92 Å². The van der Waals surface area contributed by atoms with Crippen LogP contribution in [0.25, 0.3) is 0 Å². The van der Waals surface area contributed by atoms with Crippen molar-refractivity contribution in [1.82, 2.24) is 0 Å². The molecule has 0 unspecified atom stereocenters. The van der Waals surface area contributed by atoms with Gasteiger partial charge in [-0.25, -0.2) is 0 Å². The van der Waals surface area contributed by atoms with Gasteiger partial charge in [-0.15, -0.1) is 0 Å². The van der Waals surface area contributed by atoms with E-state index in [-0.39, 0.29) is 0 Å². The molecule has 0 atom stereocenters. The molecule has 0 rings (SSSR count). The SMILES string of the molecule is CC[C](C)CI. The lowest BCUT2D eigenvalue weighted by atomic mass is 10.2. The summed E-state index contributed by atoms with van der Waals surface area (Å²) >= 11 is 2.38. The third kappa shape index (κ3) is 2.94. The average Bonchev–Trinajstić information content (AvgIpc) is 1.65. The van der Waals surface area contributed by atoms with E-state index in [1.165, 1.54) is 10.8 Å². The first-order valence-electron chi connectivity index (χ1n) is 2.18. The van der Waals surface area contributed by atoms with E-state index in [4.69, 9.17) is 0 Å². The molecular weight excluding hydrogens is 187 g/mol. The summed E-state index contributed by atoms with van der Waals surface area (Å²) in [5.41, 5.74) is 0.